The number of carboxylic acids is 1. The van der Waals surface area contributed by atoms with Crippen LogP contribution in [0.25, 0.3) is 11.3 Å². The first-order valence-corrected chi connectivity index (χ1v) is 13.1. The molecule has 0 aliphatic rings. The number of urea groups is 1. The Kier molecular flexibility index (Phi) is 10.3. The summed E-state index contributed by atoms with van der Waals surface area (Å²) in [6.07, 6.45) is 0. The molecule has 0 fully saturated rings. The van der Waals surface area contributed by atoms with Crippen LogP contribution in [0.15, 0.2) is 66.7 Å². The van der Waals surface area contributed by atoms with Crippen molar-refractivity contribution >= 4 is 46.6 Å². The van der Waals surface area contributed by atoms with E-state index >= 15 is 0 Å². The number of hydrogen-bond acceptors (Lipinski definition) is 5. The van der Waals surface area contributed by atoms with Crippen LogP contribution in [-0.2, 0) is 5.54 Å². The molecule has 0 aliphatic carbocycles. The standard InChI is InChI=1S/C17H20N2O.C13H8Cl2F2N2O3/c1-13-9-11-15(12-10-13)18-16(20)19-17(2,3)14-7-5-4-6-8-14;1-22-12-5(14)3-2-4(7(12)16)10-8(17)9(18)6(15)11(19-10)13(20)21/h4-12H,1-3H3,(H2,18,19,20);2-3H,1H3,(H2,18,19)(H,20,21). The Morgan fingerprint density at radius 1 is 0.976 bits per heavy atom. The maximum Gasteiger partial charge on any atom is 0.356 e. The SMILES string of the molecule is COc1c(Cl)ccc(-c2nc(C(=O)O)c(Cl)c(N)c2F)c1F.Cc1ccc(NC(=O)NC(C)(C)c2ccccc2)cc1. The number of halogens is 4. The number of aromatic nitrogens is 1. The van der Waals surface area contributed by atoms with Gasteiger partial charge in [0.25, 0.3) is 0 Å². The fraction of sp³-hybridized carbons (Fsp3) is 0.167. The van der Waals surface area contributed by atoms with Gasteiger partial charge in [-0.1, -0.05) is 71.2 Å². The number of carbonyl (C=O) groups is 2. The lowest BCUT2D eigenvalue weighted by molar-refractivity contribution is 0.0690. The minimum Gasteiger partial charge on any atom is -0.492 e. The van der Waals surface area contributed by atoms with E-state index in [1.54, 1.807) is 0 Å². The van der Waals surface area contributed by atoms with E-state index in [0.29, 0.717) is 0 Å². The molecular formula is C30H28Cl2F2N4O4. The second-order valence-corrected chi connectivity index (χ2v) is 10.3. The Balaban J connectivity index is 0.000000231. The van der Waals surface area contributed by atoms with Gasteiger partial charge in [0, 0.05) is 11.3 Å². The number of benzene rings is 3. The van der Waals surface area contributed by atoms with Crippen LogP contribution in [0, 0.1) is 18.6 Å². The van der Waals surface area contributed by atoms with Crippen molar-refractivity contribution in [2.45, 2.75) is 26.3 Å². The van der Waals surface area contributed by atoms with Crippen LogP contribution in [0.1, 0.15) is 35.5 Å². The molecule has 42 heavy (non-hydrogen) atoms. The number of pyridine rings is 1. The Morgan fingerprint density at radius 3 is 2.17 bits per heavy atom. The Bertz CT molecular complexity index is 1600. The summed E-state index contributed by atoms with van der Waals surface area (Å²) in [5, 5.41) is 14.2. The number of aryl methyl sites for hydroxylation is 1. The number of hydrogen-bond donors (Lipinski definition) is 4. The second kappa shape index (κ2) is 13.5. The highest BCUT2D eigenvalue weighted by atomic mass is 35.5. The first kappa shape index (κ1) is 32.1. The molecule has 0 saturated heterocycles. The summed E-state index contributed by atoms with van der Waals surface area (Å²) in [7, 11) is 1.18. The van der Waals surface area contributed by atoms with Gasteiger partial charge < -0.3 is 26.2 Å². The number of nitrogens with one attached hydrogen (secondary N) is 2. The van der Waals surface area contributed by atoms with Crippen LogP contribution in [-0.4, -0.2) is 29.2 Å². The van der Waals surface area contributed by atoms with Crippen molar-refractivity contribution in [2.75, 3.05) is 18.2 Å². The average Bonchev–Trinajstić information content (AvgIpc) is 2.94. The monoisotopic (exact) mass is 616 g/mol. The number of anilines is 2. The third-order valence-corrected chi connectivity index (χ3v) is 6.73. The predicted octanol–water partition coefficient (Wildman–Crippen LogP) is 7.67. The largest absolute Gasteiger partial charge is 0.492 e. The minimum atomic E-state index is -1.53. The number of carbonyl (C=O) groups excluding carboxylic acids is 1. The molecule has 0 saturated carbocycles. The van der Waals surface area contributed by atoms with Crippen molar-refractivity contribution in [1.82, 2.24) is 10.3 Å². The number of nitrogens with zero attached hydrogens (tertiary/aromatic N) is 1. The summed E-state index contributed by atoms with van der Waals surface area (Å²) >= 11 is 11.4. The van der Waals surface area contributed by atoms with Crippen LogP contribution < -0.4 is 21.1 Å². The van der Waals surface area contributed by atoms with E-state index in [1.807, 2.05) is 75.4 Å². The maximum absolute atomic E-state index is 14.3. The molecule has 8 nitrogen and oxygen atoms in total. The van der Waals surface area contributed by atoms with Crippen LogP contribution in [0.5, 0.6) is 5.75 Å². The highest BCUT2D eigenvalue weighted by Gasteiger charge is 2.25. The zero-order chi connectivity index (χ0) is 31.2. The molecule has 4 rings (SSSR count). The van der Waals surface area contributed by atoms with E-state index < -0.39 is 45.2 Å². The molecule has 0 bridgehead atoms. The molecule has 0 aliphatic heterocycles. The van der Waals surface area contributed by atoms with Gasteiger partial charge in [0.2, 0.25) is 0 Å². The third kappa shape index (κ3) is 7.45. The molecule has 3 aromatic carbocycles. The lowest BCUT2D eigenvalue weighted by Gasteiger charge is -2.27. The molecule has 12 heteroatoms. The number of rotatable bonds is 6. The molecule has 5 N–H and O–H groups in total. The Hall–Kier alpha value is -4.41. The topological polar surface area (TPSA) is 127 Å². The highest BCUT2D eigenvalue weighted by molar-refractivity contribution is 6.35. The summed E-state index contributed by atoms with van der Waals surface area (Å²) in [5.74, 6) is -4.00. The fourth-order valence-corrected chi connectivity index (χ4v) is 4.22. The van der Waals surface area contributed by atoms with Crippen LogP contribution in [0.3, 0.4) is 0 Å². The lowest BCUT2D eigenvalue weighted by Crippen LogP contribution is -2.43. The first-order valence-electron chi connectivity index (χ1n) is 12.4. The molecule has 220 valence electrons. The summed E-state index contributed by atoms with van der Waals surface area (Å²) in [4.78, 5) is 26.7. The van der Waals surface area contributed by atoms with E-state index in [9.17, 15) is 18.4 Å². The quantitative estimate of drug-likeness (QED) is 0.176. The van der Waals surface area contributed by atoms with Gasteiger partial charge >= 0.3 is 12.0 Å². The third-order valence-electron chi connectivity index (χ3n) is 6.05. The van der Waals surface area contributed by atoms with Gasteiger partial charge in [-0.05, 0) is 50.6 Å². The van der Waals surface area contributed by atoms with Crippen LogP contribution in [0.4, 0.5) is 25.0 Å². The van der Waals surface area contributed by atoms with Crippen LogP contribution in [0.2, 0.25) is 10.0 Å². The molecule has 0 radical (unpaired) electrons. The van der Waals surface area contributed by atoms with E-state index in [-0.39, 0.29) is 22.4 Å². The molecule has 4 aromatic rings. The van der Waals surface area contributed by atoms with Crippen molar-refractivity contribution in [3.8, 4) is 17.0 Å². The molecule has 1 heterocycles. The summed E-state index contributed by atoms with van der Waals surface area (Å²) in [5.41, 5.74) is 5.73. The highest BCUT2D eigenvalue weighted by Crippen LogP contribution is 2.38. The van der Waals surface area contributed by atoms with Gasteiger partial charge in [-0.2, -0.15) is 0 Å². The molecule has 0 atom stereocenters. The zero-order valence-electron chi connectivity index (χ0n) is 23.1. The van der Waals surface area contributed by atoms with Crippen molar-refractivity contribution < 1.29 is 28.2 Å². The minimum absolute atomic E-state index is 0.0375. The van der Waals surface area contributed by atoms with Gasteiger partial charge in [-0.25, -0.2) is 23.4 Å². The number of aromatic carboxylic acids is 1. The van der Waals surface area contributed by atoms with Crippen molar-refractivity contribution in [3.05, 3.63) is 105 Å². The van der Waals surface area contributed by atoms with Crippen molar-refractivity contribution in [1.29, 1.82) is 0 Å². The first-order chi connectivity index (χ1) is 19.8. The number of ether oxygens (including phenoxy) is 1. The average molecular weight is 617 g/mol. The lowest BCUT2D eigenvalue weighted by atomic mass is 9.95. The molecule has 2 amide bonds. The molecule has 0 spiro atoms. The van der Waals surface area contributed by atoms with E-state index in [0.717, 1.165) is 17.3 Å². The van der Waals surface area contributed by atoms with Crippen molar-refractivity contribution in [3.63, 3.8) is 0 Å². The molecule has 1 aromatic heterocycles. The number of methoxy groups -OCH3 is 1. The number of nitrogens with two attached hydrogens (primary N) is 1. The molecule has 0 unspecified atom stereocenters. The van der Waals surface area contributed by atoms with E-state index in [4.69, 9.17) is 38.8 Å². The molecular weight excluding hydrogens is 589 g/mol. The Labute approximate surface area is 251 Å². The fourth-order valence-electron chi connectivity index (χ4n) is 3.79. The van der Waals surface area contributed by atoms with Gasteiger partial charge in [0.15, 0.2) is 23.1 Å². The number of amides is 2. The van der Waals surface area contributed by atoms with E-state index in [1.165, 1.54) is 18.7 Å². The second-order valence-electron chi connectivity index (χ2n) is 9.53. The maximum atomic E-state index is 14.3. The van der Waals surface area contributed by atoms with Gasteiger partial charge in [0.1, 0.15) is 5.69 Å². The Morgan fingerprint density at radius 2 is 1.60 bits per heavy atom. The number of carboxylic acid groups (broad SMARTS) is 1. The summed E-state index contributed by atoms with van der Waals surface area (Å²) in [6.45, 7) is 5.98. The van der Waals surface area contributed by atoms with Gasteiger partial charge in [0.05, 0.1) is 28.4 Å². The van der Waals surface area contributed by atoms with Gasteiger partial charge in [-0.3, -0.25) is 0 Å². The summed E-state index contributed by atoms with van der Waals surface area (Å²) < 4.78 is 33.3. The predicted molar refractivity (Wildman–Crippen MR) is 160 cm³/mol. The van der Waals surface area contributed by atoms with Crippen molar-refractivity contribution in [2.24, 2.45) is 0 Å². The normalized spacial score (nSPS) is 10.8. The summed E-state index contributed by atoms with van der Waals surface area (Å²) in [6, 6.07) is 19.8. The van der Waals surface area contributed by atoms with Crippen LogP contribution >= 0.6 is 23.2 Å². The zero-order valence-corrected chi connectivity index (χ0v) is 24.6. The van der Waals surface area contributed by atoms with E-state index in [2.05, 4.69) is 15.6 Å². The smallest absolute Gasteiger partial charge is 0.356 e. The van der Waals surface area contributed by atoms with Gasteiger partial charge in [-0.15, -0.1) is 0 Å². The number of nitrogen functional groups attached to an aromatic ring is 1.